The Kier molecular flexibility index (Phi) is 5.11. The van der Waals surface area contributed by atoms with E-state index in [-0.39, 0.29) is 10.7 Å². The quantitative estimate of drug-likeness (QED) is 0.480. The van der Waals surface area contributed by atoms with Crippen LogP contribution in [0.25, 0.3) is 33.7 Å². The lowest BCUT2D eigenvalue weighted by Crippen LogP contribution is -2.00. The van der Waals surface area contributed by atoms with E-state index in [9.17, 15) is 12.8 Å². The first kappa shape index (κ1) is 20.2. The zero-order valence-corrected chi connectivity index (χ0v) is 17.7. The molecule has 8 heteroatoms. The van der Waals surface area contributed by atoms with E-state index >= 15 is 0 Å². The number of aromatic nitrogens is 4. The average Bonchev–Trinajstić information content (AvgIpc) is 3.03. The summed E-state index contributed by atoms with van der Waals surface area (Å²) >= 11 is 0. The minimum atomic E-state index is -3.30. The summed E-state index contributed by atoms with van der Waals surface area (Å²) in [6.45, 7) is 2.08. The number of nitrogens with zero attached hydrogens (tertiary/aromatic N) is 4. The minimum Gasteiger partial charge on any atom is -0.264 e. The molecule has 154 valence electrons. The van der Waals surface area contributed by atoms with Gasteiger partial charge < -0.3 is 0 Å². The summed E-state index contributed by atoms with van der Waals surface area (Å²) in [5.41, 5.74) is 4.49. The van der Waals surface area contributed by atoms with Crippen LogP contribution in [0, 0.1) is 5.82 Å². The second-order valence-electron chi connectivity index (χ2n) is 7.22. The Morgan fingerprint density at radius 3 is 2.20 bits per heavy atom. The highest BCUT2D eigenvalue weighted by atomic mass is 32.2. The molecule has 30 heavy (non-hydrogen) atoms. The predicted molar refractivity (Wildman–Crippen MR) is 114 cm³/mol. The van der Waals surface area contributed by atoms with Gasteiger partial charge in [0.1, 0.15) is 22.5 Å². The van der Waals surface area contributed by atoms with Gasteiger partial charge in [-0.15, -0.1) is 0 Å². The van der Waals surface area contributed by atoms with Gasteiger partial charge in [0.05, 0.1) is 10.6 Å². The maximum absolute atomic E-state index is 13.4. The molecule has 0 aliphatic rings. The Morgan fingerprint density at radius 1 is 0.967 bits per heavy atom. The molecule has 0 saturated carbocycles. The van der Waals surface area contributed by atoms with E-state index in [2.05, 4.69) is 12.0 Å². The number of fused-ring (bicyclic) bond motifs is 1. The van der Waals surface area contributed by atoms with Gasteiger partial charge >= 0.3 is 0 Å². The Morgan fingerprint density at radius 2 is 1.60 bits per heavy atom. The van der Waals surface area contributed by atoms with Crippen molar-refractivity contribution in [2.24, 2.45) is 7.05 Å². The van der Waals surface area contributed by atoms with Crippen molar-refractivity contribution >= 4 is 20.9 Å². The van der Waals surface area contributed by atoms with Gasteiger partial charge in [0.15, 0.2) is 15.7 Å². The molecule has 2 aromatic carbocycles. The summed E-state index contributed by atoms with van der Waals surface area (Å²) in [6.07, 6.45) is 2.86. The van der Waals surface area contributed by atoms with Crippen LogP contribution in [0.4, 0.5) is 4.39 Å². The van der Waals surface area contributed by atoms with E-state index in [4.69, 9.17) is 9.97 Å². The first-order valence-electron chi connectivity index (χ1n) is 9.58. The second kappa shape index (κ2) is 7.60. The van der Waals surface area contributed by atoms with Crippen LogP contribution in [0.1, 0.15) is 19.0 Å². The van der Waals surface area contributed by atoms with Crippen LogP contribution in [0.15, 0.2) is 53.4 Å². The van der Waals surface area contributed by atoms with Gasteiger partial charge in [-0.1, -0.05) is 25.5 Å². The number of aryl methyl sites for hydroxylation is 2. The van der Waals surface area contributed by atoms with Crippen molar-refractivity contribution in [3.63, 3.8) is 0 Å². The number of rotatable bonds is 5. The van der Waals surface area contributed by atoms with Crippen LogP contribution in [-0.4, -0.2) is 34.4 Å². The first-order valence-corrected chi connectivity index (χ1v) is 11.5. The number of halogens is 1. The van der Waals surface area contributed by atoms with Crippen LogP contribution in [-0.2, 0) is 23.3 Å². The van der Waals surface area contributed by atoms with Gasteiger partial charge in [-0.05, 0) is 42.8 Å². The summed E-state index contributed by atoms with van der Waals surface area (Å²) in [4.78, 5) is 9.74. The lowest BCUT2D eigenvalue weighted by molar-refractivity contribution is 0.602. The Labute approximate surface area is 174 Å². The van der Waals surface area contributed by atoms with E-state index in [0.717, 1.165) is 35.1 Å². The lowest BCUT2D eigenvalue weighted by atomic mass is 10.1. The van der Waals surface area contributed by atoms with Crippen LogP contribution in [0.5, 0.6) is 0 Å². The molecule has 6 nitrogen and oxygen atoms in total. The largest absolute Gasteiger partial charge is 0.264 e. The first-order chi connectivity index (χ1) is 14.3. The molecular formula is C22H21FN4O2S. The van der Waals surface area contributed by atoms with Crippen molar-refractivity contribution in [2.75, 3.05) is 6.26 Å². The standard InChI is InChI=1S/C22H21FN4O2S/c1-4-5-18-20-21(27(2)26-18)19(14-8-12-17(13-9-14)30(3,28)29)24-22(25-20)15-6-10-16(23)11-7-15/h6-13H,4-5H2,1-3H3. The molecule has 0 radical (unpaired) electrons. The molecule has 0 N–H and O–H groups in total. The molecular weight excluding hydrogens is 403 g/mol. The molecule has 2 aromatic heterocycles. The molecule has 0 fully saturated rings. The second-order valence-corrected chi connectivity index (χ2v) is 9.23. The molecule has 0 bridgehead atoms. The molecule has 2 heterocycles. The van der Waals surface area contributed by atoms with Crippen molar-refractivity contribution in [3.05, 3.63) is 60.0 Å². The van der Waals surface area contributed by atoms with Crippen molar-refractivity contribution in [1.82, 2.24) is 19.7 Å². The van der Waals surface area contributed by atoms with Crippen molar-refractivity contribution in [2.45, 2.75) is 24.7 Å². The number of hydrogen-bond donors (Lipinski definition) is 0. The van der Waals surface area contributed by atoms with Crippen LogP contribution < -0.4 is 0 Å². The summed E-state index contributed by atoms with van der Waals surface area (Å²) in [5, 5.41) is 4.63. The fourth-order valence-corrected chi connectivity index (χ4v) is 4.07. The van der Waals surface area contributed by atoms with Gasteiger partial charge in [0.2, 0.25) is 0 Å². The van der Waals surface area contributed by atoms with Crippen LogP contribution in [0.3, 0.4) is 0 Å². The average molecular weight is 425 g/mol. The van der Waals surface area contributed by atoms with E-state index in [1.165, 1.54) is 18.4 Å². The van der Waals surface area contributed by atoms with Gasteiger partial charge in [0.25, 0.3) is 0 Å². The van der Waals surface area contributed by atoms with Gasteiger partial charge in [0, 0.05) is 24.4 Å². The summed E-state index contributed by atoms with van der Waals surface area (Å²) in [5.74, 6) is 0.138. The summed E-state index contributed by atoms with van der Waals surface area (Å²) < 4.78 is 38.8. The number of hydrogen-bond acceptors (Lipinski definition) is 5. The normalized spacial score (nSPS) is 11.9. The summed E-state index contributed by atoms with van der Waals surface area (Å²) in [7, 11) is -1.45. The third-order valence-corrected chi connectivity index (χ3v) is 6.03. The minimum absolute atomic E-state index is 0.243. The maximum atomic E-state index is 13.4. The lowest BCUT2D eigenvalue weighted by Gasteiger charge is -2.09. The monoisotopic (exact) mass is 424 g/mol. The zero-order valence-electron chi connectivity index (χ0n) is 16.9. The molecule has 0 spiro atoms. The molecule has 0 unspecified atom stereocenters. The van der Waals surface area contributed by atoms with Crippen molar-refractivity contribution < 1.29 is 12.8 Å². The molecule has 4 rings (SSSR count). The van der Waals surface area contributed by atoms with Crippen LogP contribution >= 0.6 is 0 Å². The molecule has 4 aromatic rings. The highest BCUT2D eigenvalue weighted by Crippen LogP contribution is 2.31. The van der Waals surface area contributed by atoms with Crippen LogP contribution in [0.2, 0.25) is 0 Å². The third-order valence-electron chi connectivity index (χ3n) is 4.90. The van der Waals surface area contributed by atoms with Crippen molar-refractivity contribution in [1.29, 1.82) is 0 Å². The van der Waals surface area contributed by atoms with Gasteiger partial charge in [-0.3, -0.25) is 4.68 Å². The molecule has 0 atom stereocenters. The Balaban J connectivity index is 1.98. The zero-order chi connectivity index (χ0) is 21.5. The van der Waals surface area contributed by atoms with E-state index < -0.39 is 9.84 Å². The highest BCUT2D eigenvalue weighted by molar-refractivity contribution is 7.90. The van der Waals surface area contributed by atoms with Gasteiger partial charge in [-0.25, -0.2) is 22.8 Å². The molecule has 0 amide bonds. The predicted octanol–water partition coefficient (Wildman–Crippen LogP) is 4.19. The van der Waals surface area contributed by atoms with E-state index in [1.54, 1.807) is 41.1 Å². The topological polar surface area (TPSA) is 77.7 Å². The van der Waals surface area contributed by atoms with E-state index in [0.29, 0.717) is 17.1 Å². The fourth-order valence-electron chi connectivity index (χ4n) is 3.44. The Bertz CT molecular complexity index is 1330. The molecule has 0 aliphatic heterocycles. The fraction of sp³-hybridized carbons (Fsp3) is 0.227. The number of benzene rings is 2. The van der Waals surface area contributed by atoms with Gasteiger partial charge in [-0.2, -0.15) is 5.10 Å². The molecule has 0 saturated heterocycles. The van der Waals surface area contributed by atoms with Crippen molar-refractivity contribution in [3.8, 4) is 22.6 Å². The number of sulfone groups is 1. The highest BCUT2D eigenvalue weighted by Gasteiger charge is 2.19. The summed E-state index contributed by atoms with van der Waals surface area (Å²) in [6, 6.07) is 12.6. The Hall–Kier alpha value is -3.13. The molecule has 0 aliphatic carbocycles. The smallest absolute Gasteiger partial charge is 0.175 e. The third kappa shape index (κ3) is 3.70. The SMILES string of the molecule is CCCc1nn(C)c2c(-c3ccc(S(C)(=O)=O)cc3)nc(-c3ccc(F)cc3)nc12. The maximum Gasteiger partial charge on any atom is 0.175 e. The van der Waals surface area contributed by atoms with E-state index in [1.807, 2.05) is 7.05 Å².